The molecule has 0 aliphatic carbocycles. The van der Waals surface area contributed by atoms with Crippen LogP contribution < -0.4 is 0 Å². The molecule has 4 rings (SSSR count). The van der Waals surface area contributed by atoms with Crippen molar-refractivity contribution in [2.24, 2.45) is 0 Å². The zero-order chi connectivity index (χ0) is 17.1. The fraction of sp³-hybridized carbons (Fsp3) is 0.0500. The van der Waals surface area contributed by atoms with E-state index in [1.54, 1.807) is 12.4 Å². The Hall–Kier alpha value is -3.65. The van der Waals surface area contributed by atoms with Crippen molar-refractivity contribution in [1.82, 2.24) is 19.3 Å². The van der Waals surface area contributed by atoms with Crippen LogP contribution in [0.2, 0.25) is 0 Å². The molecule has 0 amide bonds. The first-order valence-corrected chi connectivity index (χ1v) is 7.95. The lowest BCUT2D eigenvalue weighted by atomic mass is 10.1. The Morgan fingerprint density at radius 3 is 2.52 bits per heavy atom. The number of benzene rings is 2. The Kier molecular flexibility index (Phi) is 3.85. The van der Waals surface area contributed by atoms with E-state index in [2.05, 4.69) is 32.9 Å². The number of imidazole rings is 1. The van der Waals surface area contributed by atoms with E-state index < -0.39 is 0 Å². The van der Waals surface area contributed by atoms with Gasteiger partial charge in [0.2, 0.25) is 0 Å². The topological polar surface area (TPSA) is 59.4 Å². The molecule has 2 aromatic heterocycles. The van der Waals surface area contributed by atoms with Crippen molar-refractivity contribution in [3.8, 4) is 23.1 Å². The first-order chi connectivity index (χ1) is 12.3. The van der Waals surface area contributed by atoms with Gasteiger partial charge in [0, 0.05) is 36.9 Å². The first-order valence-electron chi connectivity index (χ1n) is 7.95. The highest BCUT2D eigenvalue weighted by Gasteiger charge is 2.10. The third-order valence-corrected chi connectivity index (χ3v) is 4.06. The lowest BCUT2D eigenvalue weighted by Gasteiger charge is -2.10. The van der Waals surface area contributed by atoms with Crippen molar-refractivity contribution >= 4 is 0 Å². The monoisotopic (exact) mass is 325 g/mol. The van der Waals surface area contributed by atoms with Crippen molar-refractivity contribution in [2.45, 2.75) is 6.54 Å². The minimum absolute atomic E-state index is 0.629. The summed E-state index contributed by atoms with van der Waals surface area (Å²) < 4.78 is 3.88. The lowest BCUT2D eigenvalue weighted by molar-refractivity contribution is 0.804. The summed E-state index contributed by atoms with van der Waals surface area (Å²) in [5, 5.41) is 13.6. The number of hydrogen-bond donors (Lipinski definition) is 0. The van der Waals surface area contributed by atoms with Crippen LogP contribution in [0.5, 0.6) is 0 Å². The Bertz CT molecular complexity index is 1020. The van der Waals surface area contributed by atoms with Gasteiger partial charge in [-0.05, 0) is 35.9 Å². The van der Waals surface area contributed by atoms with Crippen LogP contribution in [-0.4, -0.2) is 19.3 Å². The molecule has 4 aromatic rings. The van der Waals surface area contributed by atoms with E-state index >= 15 is 0 Å². The van der Waals surface area contributed by atoms with Gasteiger partial charge in [-0.2, -0.15) is 10.4 Å². The number of aromatic nitrogens is 4. The molecular formula is C20H15N5. The molecule has 0 spiro atoms. The third kappa shape index (κ3) is 2.93. The normalized spacial score (nSPS) is 10.5. The highest BCUT2D eigenvalue weighted by Crippen LogP contribution is 2.22. The van der Waals surface area contributed by atoms with E-state index in [1.807, 2.05) is 59.5 Å². The van der Waals surface area contributed by atoms with Crippen LogP contribution in [0.3, 0.4) is 0 Å². The van der Waals surface area contributed by atoms with E-state index in [9.17, 15) is 5.26 Å². The molecule has 2 aromatic carbocycles. The minimum Gasteiger partial charge on any atom is -0.327 e. The number of rotatable bonds is 4. The zero-order valence-electron chi connectivity index (χ0n) is 13.4. The Labute approximate surface area is 145 Å². The molecule has 0 atom stereocenters. The molecule has 0 bridgehead atoms. The maximum Gasteiger partial charge on any atom is 0.141 e. The van der Waals surface area contributed by atoms with Crippen LogP contribution in [0.15, 0.2) is 79.4 Å². The molecule has 120 valence electrons. The standard InChI is InChI=1S/C20H15N5/c21-14-17-4-1-2-5-19(17)20-22-11-13-24(20)15-16-6-8-18(9-7-16)25-12-3-10-23-25/h1-13H,15H2. The second kappa shape index (κ2) is 6.46. The van der Waals surface area contributed by atoms with Crippen molar-refractivity contribution in [3.05, 3.63) is 90.5 Å². The van der Waals surface area contributed by atoms with Crippen LogP contribution in [-0.2, 0) is 6.54 Å². The molecule has 0 saturated heterocycles. The highest BCUT2D eigenvalue weighted by molar-refractivity contribution is 5.64. The van der Waals surface area contributed by atoms with E-state index in [0.29, 0.717) is 12.1 Å². The van der Waals surface area contributed by atoms with Gasteiger partial charge >= 0.3 is 0 Å². The molecule has 0 N–H and O–H groups in total. The molecular weight excluding hydrogens is 310 g/mol. The molecule has 2 heterocycles. The average molecular weight is 325 g/mol. The molecule has 0 aliphatic heterocycles. The maximum absolute atomic E-state index is 9.32. The second-order valence-electron chi connectivity index (χ2n) is 5.65. The van der Waals surface area contributed by atoms with E-state index in [1.165, 1.54) is 0 Å². The summed E-state index contributed by atoms with van der Waals surface area (Å²) in [5.41, 5.74) is 3.66. The van der Waals surface area contributed by atoms with Crippen LogP contribution in [0, 0.1) is 11.3 Å². The van der Waals surface area contributed by atoms with Crippen molar-refractivity contribution in [1.29, 1.82) is 5.26 Å². The van der Waals surface area contributed by atoms with Gasteiger partial charge in [-0.15, -0.1) is 0 Å². The van der Waals surface area contributed by atoms with Gasteiger partial charge in [0.05, 0.1) is 17.3 Å². The fourth-order valence-electron chi connectivity index (χ4n) is 2.83. The summed E-state index contributed by atoms with van der Waals surface area (Å²) in [7, 11) is 0. The fourth-order valence-corrected chi connectivity index (χ4v) is 2.83. The largest absolute Gasteiger partial charge is 0.327 e. The first kappa shape index (κ1) is 14.9. The molecule has 5 nitrogen and oxygen atoms in total. The third-order valence-electron chi connectivity index (χ3n) is 4.06. The Balaban J connectivity index is 1.62. The molecule has 25 heavy (non-hydrogen) atoms. The van der Waals surface area contributed by atoms with Crippen LogP contribution >= 0.6 is 0 Å². The van der Waals surface area contributed by atoms with Crippen LogP contribution in [0.1, 0.15) is 11.1 Å². The van der Waals surface area contributed by atoms with Gasteiger partial charge in [0.15, 0.2) is 0 Å². The molecule has 0 fully saturated rings. The number of nitriles is 1. The molecule has 5 heteroatoms. The summed E-state index contributed by atoms with van der Waals surface area (Å²) in [4.78, 5) is 4.45. The van der Waals surface area contributed by atoms with E-state index in [4.69, 9.17) is 0 Å². The summed E-state index contributed by atoms with van der Waals surface area (Å²) in [6.07, 6.45) is 7.38. The lowest BCUT2D eigenvalue weighted by Crippen LogP contribution is -2.02. The summed E-state index contributed by atoms with van der Waals surface area (Å²) >= 11 is 0. The molecule has 0 saturated carbocycles. The Morgan fingerprint density at radius 2 is 1.76 bits per heavy atom. The van der Waals surface area contributed by atoms with E-state index in [0.717, 1.165) is 22.6 Å². The SMILES string of the molecule is N#Cc1ccccc1-c1nccn1Cc1ccc(-n2cccn2)cc1. The molecule has 0 aliphatic rings. The van der Waals surface area contributed by atoms with Crippen molar-refractivity contribution in [2.75, 3.05) is 0 Å². The summed E-state index contributed by atoms with van der Waals surface area (Å²) in [6, 6.07) is 19.9. The van der Waals surface area contributed by atoms with Gasteiger partial charge in [0.25, 0.3) is 0 Å². The smallest absolute Gasteiger partial charge is 0.141 e. The minimum atomic E-state index is 0.629. The van der Waals surface area contributed by atoms with Crippen LogP contribution in [0.25, 0.3) is 17.1 Å². The Morgan fingerprint density at radius 1 is 0.920 bits per heavy atom. The highest BCUT2D eigenvalue weighted by atomic mass is 15.3. The predicted molar refractivity (Wildman–Crippen MR) is 95.0 cm³/mol. The van der Waals surface area contributed by atoms with Crippen LogP contribution in [0.4, 0.5) is 0 Å². The number of nitrogens with zero attached hydrogens (tertiary/aromatic N) is 5. The maximum atomic E-state index is 9.32. The van der Waals surface area contributed by atoms with Gasteiger partial charge in [-0.1, -0.05) is 24.3 Å². The number of hydrogen-bond acceptors (Lipinski definition) is 3. The van der Waals surface area contributed by atoms with E-state index in [-0.39, 0.29) is 0 Å². The van der Waals surface area contributed by atoms with Gasteiger partial charge in [-0.3, -0.25) is 0 Å². The average Bonchev–Trinajstić information content (AvgIpc) is 3.34. The van der Waals surface area contributed by atoms with Gasteiger partial charge < -0.3 is 4.57 Å². The van der Waals surface area contributed by atoms with Crippen molar-refractivity contribution in [3.63, 3.8) is 0 Å². The van der Waals surface area contributed by atoms with Gasteiger partial charge in [0.1, 0.15) is 5.82 Å². The second-order valence-corrected chi connectivity index (χ2v) is 5.65. The molecule has 0 unspecified atom stereocenters. The summed E-state index contributed by atoms with van der Waals surface area (Å²) in [5.74, 6) is 0.799. The van der Waals surface area contributed by atoms with Crippen molar-refractivity contribution < 1.29 is 0 Å². The van der Waals surface area contributed by atoms with Gasteiger partial charge in [-0.25, -0.2) is 9.67 Å². The predicted octanol–water partition coefficient (Wildman–Crippen LogP) is 3.66. The summed E-state index contributed by atoms with van der Waals surface area (Å²) in [6.45, 7) is 0.689. The quantitative estimate of drug-likeness (QED) is 0.575. The zero-order valence-corrected chi connectivity index (χ0v) is 13.4. The molecule has 0 radical (unpaired) electrons.